The quantitative estimate of drug-likeness (QED) is 0.778. The van der Waals surface area contributed by atoms with Crippen LogP contribution >= 0.6 is 0 Å². The van der Waals surface area contributed by atoms with Crippen molar-refractivity contribution < 1.29 is 9.53 Å². The number of pyridine rings is 1. The van der Waals surface area contributed by atoms with Crippen molar-refractivity contribution in [1.82, 2.24) is 10.3 Å². The minimum Gasteiger partial charge on any atom is -0.489 e. The molecule has 1 heterocycles. The van der Waals surface area contributed by atoms with Gasteiger partial charge in [-0.2, -0.15) is 0 Å². The Labute approximate surface area is 98.6 Å². The number of aromatic nitrogens is 1. The van der Waals surface area contributed by atoms with E-state index in [2.05, 4.69) is 10.3 Å². The van der Waals surface area contributed by atoms with Gasteiger partial charge < -0.3 is 15.8 Å². The van der Waals surface area contributed by atoms with E-state index < -0.39 is 6.03 Å². The van der Waals surface area contributed by atoms with Gasteiger partial charge in [0, 0.05) is 11.6 Å². The van der Waals surface area contributed by atoms with Crippen molar-refractivity contribution in [2.75, 3.05) is 13.2 Å². The number of benzene rings is 1. The van der Waals surface area contributed by atoms with Crippen molar-refractivity contribution in [3.63, 3.8) is 0 Å². The minimum atomic E-state index is -0.551. The molecular formula is C12H13N3O2. The van der Waals surface area contributed by atoms with Gasteiger partial charge in [-0.05, 0) is 12.1 Å². The molecule has 0 aliphatic rings. The number of nitrogens with zero attached hydrogens (tertiary/aromatic N) is 1. The van der Waals surface area contributed by atoms with Gasteiger partial charge in [-0.1, -0.05) is 18.2 Å². The Morgan fingerprint density at radius 1 is 1.35 bits per heavy atom. The van der Waals surface area contributed by atoms with E-state index in [1.54, 1.807) is 6.20 Å². The van der Waals surface area contributed by atoms with Gasteiger partial charge in [-0.15, -0.1) is 0 Å². The lowest BCUT2D eigenvalue weighted by molar-refractivity contribution is 0.244. The van der Waals surface area contributed by atoms with Gasteiger partial charge in [-0.25, -0.2) is 4.79 Å². The number of amides is 2. The normalized spacial score (nSPS) is 10.1. The summed E-state index contributed by atoms with van der Waals surface area (Å²) in [5, 5.41) is 3.48. The van der Waals surface area contributed by atoms with Gasteiger partial charge in [0.2, 0.25) is 0 Å². The number of primary amides is 1. The van der Waals surface area contributed by atoms with Crippen LogP contribution in [0.2, 0.25) is 0 Å². The maximum Gasteiger partial charge on any atom is 0.312 e. The molecule has 0 saturated heterocycles. The Kier molecular flexibility index (Phi) is 3.40. The van der Waals surface area contributed by atoms with Crippen molar-refractivity contribution in [3.05, 3.63) is 36.5 Å². The largest absolute Gasteiger partial charge is 0.489 e. The monoisotopic (exact) mass is 231 g/mol. The summed E-state index contributed by atoms with van der Waals surface area (Å²) in [6.45, 7) is 0.733. The molecular weight excluding hydrogens is 218 g/mol. The van der Waals surface area contributed by atoms with Crippen LogP contribution in [-0.4, -0.2) is 24.2 Å². The zero-order valence-electron chi connectivity index (χ0n) is 9.22. The van der Waals surface area contributed by atoms with Gasteiger partial charge in [0.25, 0.3) is 0 Å². The highest BCUT2D eigenvalue weighted by Gasteiger charge is 2.02. The van der Waals surface area contributed by atoms with E-state index in [-0.39, 0.29) is 0 Å². The third kappa shape index (κ3) is 2.84. The average molecular weight is 231 g/mol. The first-order valence-corrected chi connectivity index (χ1v) is 5.27. The number of carbonyl (C=O) groups excluding carboxylic acids is 1. The van der Waals surface area contributed by atoms with E-state index in [9.17, 15) is 4.79 Å². The van der Waals surface area contributed by atoms with Crippen molar-refractivity contribution in [1.29, 1.82) is 0 Å². The van der Waals surface area contributed by atoms with E-state index in [0.717, 1.165) is 10.9 Å². The molecule has 2 rings (SSSR count). The Morgan fingerprint density at radius 2 is 2.18 bits per heavy atom. The predicted octanol–water partition coefficient (Wildman–Crippen LogP) is 1.28. The van der Waals surface area contributed by atoms with Crippen LogP contribution < -0.4 is 15.8 Å². The zero-order chi connectivity index (χ0) is 12.1. The highest BCUT2D eigenvalue weighted by atomic mass is 16.5. The first kappa shape index (κ1) is 11.2. The van der Waals surface area contributed by atoms with Crippen LogP contribution in [0.25, 0.3) is 10.9 Å². The third-order valence-electron chi connectivity index (χ3n) is 2.25. The third-order valence-corrected chi connectivity index (χ3v) is 2.25. The number of nitrogens with two attached hydrogens (primary N) is 1. The Morgan fingerprint density at radius 3 is 3.00 bits per heavy atom. The molecule has 1 aromatic heterocycles. The number of urea groups is 1. The summed E-state index contributed by atoms with van der Waals surface area (Å²) < 4.78 is 5.54. The second kappa shape index (κ2) is 5.16. The number of nitrogens with one attached hydrogen (secondary N) is 1. The molecule has 0 aliphatic heterocycles. The van der Waals surface area contributed by atoms with Gasteiger partial charge in [-0.3, -0.25) is 4.98 Å². The molecule has 2 aromatic rings. The molecule has 88 valence electrons. The first-order chi connectivity index (χ1) is 8.27. The first-order valence-electron chi connectivity index (χ1n) is 5.27. The lowest BCUT2D eigenvalue weighted by Gasteiger charge is -2.08. The molecule has 0 aliphatic carbocycles. The summed E-state index contributed by atoms with van der Waals surface area (Å²) in [7, 11) is 0. The number of hydrogen-bond donors (Lipinski definition) is 2. The second-order valence-electron chi connectivity index (χ2n) is 3.47. The fraction of sp³-hybridized carbons (Fsp3) is 0.167. The minimum absolute atomic E-state index is 0.360. The van der Waals surface area contributed by atoms with E-state index in [0.29, 0.717) is 18.9 Å². The molecule has 0 unspecified atom stereocenters. The fourth-order valence-electron chi connectivity index (χ4n) is 1.53. The van der Waals surface area contributed by atoms with E-state index in [4.69, 9.17) is 10.5 Å². The summed E-state index contributed by atoms with van der Waals surface area (Å²) >= 11 is 0. The molecule has 3 N–H and O–H groups in total. The molecule has 0 spiro atoms. The summed E-state index contributed by atoms with van der Waals surface area (Å²) in [4.78, 5) is 14.7. The van der Waals surface area contributed by atoms with Gasteiger partial charge >= 0.3 is 6.03 Å². The van der Waals surface area contributed by atoms with Crippen LogP contribution in [0.15, 0.2) is 36.5 Å². The smallest absolute Gasteiger partial charge is 0.312 e. The van der Waals surface area contributed by atoms with Crippen LogP contribution in [0.1, 0.15) is 0 Å². The molecule has 5 nitrogen and oxygen atoms in total. The maximum absolute atomic E-state index is 10.5. The molecule has 0 fully saturated rings. The van der Waals surface area contributed by atoms with Gasteiger partial charge in [0.1, 0.15) is 17.9 Å². The standard InChI is InChI=1S/C12H13N3O2/c13-12(16)15-7-8-17-10-5-1-3-9-4-2-6-14-11(9)10/h1-6H,7-8H2,(H3,13,15,16). The predicted molar refractivity (Wildman–Crippen MR) is 64.8 cm³/mol. The van der Waals surface area contributed by atoms with Crippen LogP contribution in [0.5, 0.6) is 5.75 Å². The second-order valence-corrected chi connectivity index (χ2v) is 3.47. The lowest BCUT2D eigenvalue weighted by Crippen LogP contribution is -2.32. The van der Waals surface area contributed by atoms with Gasteiger partial charge in [0.15, 0.2) is 0 Å². The summed E-state index contributed by atoms with van der Waals surface area (Å²) in [6.07, 6.45) is 1.72. The van der Waals surface area contributed by atoms with Crippen LogP contribution in [0, 0.1) is 0 Å². The number of carbonyl (C=O) groups is 1. The molecule has 17 heavy (non-hydrogen) atoms. The van der Waals surface area contributed by atoms with Gasteiger partial charge in [0.05, 0.1) is 6.54 Å². The molecule has 0 saturated carbocycles. The highest BCUT2D eigenvalue weighted by molar-refractivity contribution is 5.84. The Balaban J connectivity index is 2.05. The van der Waals surface area contributed by atoms with Crippen molar-refractivity contribution in [3.8, 4) is 5.75 Å². The molecule has 5 heteroatoms. The van der Waals surface area contributed by atoms with E-state index in [1.807, 2.05) is 30.3 Å². The molecule has 0 bridgehead atoms. The molecule has 0 radical (unpaired) electrons. The Hall–Kier alpha value is -2.30. The summed E-state index contributed by atoms with van der Waals surface area (Å²) in [5.41, 5.74) is 5.76. The number of para-hydroxylation sites is 1. The summed E-state index contributed by atoms with van der Waals surface area (Å²) in [6, 6.07) is 9.01. The van der Waals surface area contributed by atoms with E-state index in [1.165, 1.54) is 0 Å². The summed E-state index contributed by atoms with van der Waals surface area (Å²) in [5.74, 6) is 0.703. The van der Waals surface area contributed by atoms with Crippen LogP contribution in [-0.2, 0) is 0 Å². The highest BCUT2D eigenvalue weighted by Crippen LogP contribution is 2.22. The Bertz CT molecular complexity index is 523. The lowest BCUT2D eigenvalue weighted by atomic mass is 10.2. The maximum atomic E-state index is 10.5. The number of hydrogen-bond acceptors (Lipinski definition) is 3. The number of ether oxygens (including phenoxy) is 1. The number of rotatable bonds is 4. The zero-order valence-corrected chi connectivity index (χ0v) is 9.22. The molecule has 2 amide bonds. The van der Waals surface area contributed by atoms with Crippen molar-refractivity contribution >= 4 is 16.9 Å². The fourth-order valence-corrected chi connectivity index (χ4v) is 1.53. The van der Waals surface area contributed by atoms with Crippen molar-refractivity contribution in [2.45, 2.75) is 0 Å². The SMILES string of the molecule is NC(=O)NCCOc1cccc2cccnc12. The molecule has 0 atom stereocenters. The van der Waals surface area contributed by atoms with E-state index >= 15 is 0 Å². The average Bonchev–Trinajstić information content (AvgIpc) is 2.34. The molecule has 1 aromatic carbocycles. The van der Waals surface area contributed by atoms with Crippen molar-refractivity contribution in [2.24, 2.45) is 5.73 Å². The van der Waals surface area contributed by atoms with Crippen LogP contribution in [0.3, 0.4) is 0 Å². The number of fused-ring (bicyclic) bond motifs is 1. The van der Waals surface area contributed by atoms with Crippen LogP contribution in [0.4, 0.5) is 4.79 Å². The topological polar surface area (TPSA) is 77.2 Å².